The summed E-state index contributed by atoms with van der Waals surface area (Å²) in [4.78, 5) is 8.12. The molecule has 0 spiro atoms. The minimum absolute atomic E-state index is 0.321. The Hall–Kier alpha value is -0.840. The van der Waals surface area contributed by atoms with Crippen molar-refractivity contribution in [3.8, 4) is 0 Å². The molecule has 0 amide bonds. The zero-order valence-electron chi connectivity index (χ0n) is 9.04. The molecule has 0 unspecified atom stereocenters. The van der Waals surface area contributed by atoms with Gasteiger partial charge in [0, 0.05) is 12.7 Å². The Kier molecular flexibility index (Phi) is 2.31. The van der Waals surface area contributed by atoms with Crippen molar-refractivity contribution in [3.05, 3.63) is 10.7 Å². The summed E-state index contributed by atoms with van der Waals surface area (Å²) in [7, 11) is 0. The van der Waals surface area contributed by atoms with E-state index in [2.05, 4.69) is 31.2 Å². The maximum atomic E-state index is 5.57. The van der Waals surface area contributed by atoms with Gasteiger partial charge in [-0.05, 0) is 52.9 Å². The molecule has 1 aromatic heterocycles. The van der Waals surface area contributed by atoms with E-state index in [4.69, 9.17) is 5.73 Å². The summed E-state index contributed by atoms with van der Waals surface area (Å²) in [6.45, 7) is 1.02. The van der Waals surface area contributed by atoms with E-state index < -0.39 is 0 Å². The Morgan fingerprint density at radius 1 is 1.50 bits per heavy atom. The second-order valence-corrected chi connectivity index (χ2v) is 5.77. The summed E-state index contributed by atoms with van der Waals surface area (Å²) in [6, 6.07) is 0. The molecule has 2 aliphatic carbocycles. The molecule has 2 fully saturated rings. The smallest absolute Gasteiger partial charge is 0.221 e. The van der Waals surface area contributed by atoms with Crippen LogP contribution in [0.4, 0.5) is 11.8 Å². The molecule has 2 saturated carbocycles. The van der Waals surface area contributed by atoms with Crippen LogP contribution < -0.4 is 11.1 Å². The molecular formula is C11H15BrN4. The van der Waals surface area contributed by atoms with Crippen LogP contribution in [0.2, 0.25) is 0 Å². The first-order valence-corrected chi connectivity index (χ1v) is 6.51. The van der Waals surface area contributed by atoms with Gasteiger partial charge < -0.3 is 11.1 Å². The molecule has 86 valence electrons. The fourth-order valence-corrected chi connectivity index (χ4v) is 2.68. The normalized spacial score (nSPS) is 21.8. The third kappa shape index (κ3) is 1.88. The van der Waals surface area contributed by atoms with Crippen molar-refractivity contribution >= 4 is 27.7 Å². The van der Waals surface area contributed by atoms with Gasteiger partial charge in [0.15, 0.2) is 0 Å². The van der Waals surface area contributed by atoms with Crippen molar-refractivity contribution in [2.75, 3.05) is 17.6 Å². The minimum atomic E-state index is 0.321. The second-order valence-electron chi connectivity index (χ2n) is 4.91. The van der Waals surface area contributed by atoms with E-state index in [1.54, 1.807) is 6.20 Å². The Morgan fingerprint density at radius 2 is 2.25 bits per heavy atom. The van der Waals surface area contributed by atoms with E-state index in [1.807, 2.05) is 0 Å². The molecule has 0 atom stereocenters. The van der Waals surface area contributed by atoms with Gasteiger partial charge in [0.2, 0.25) is 5.95 Å². The first-order valence-electron chi connectivity index (χ1n) is 5.71. The number of nitrogens with zero attached hydrogens (tertiary/aromatic N) is 2. The topological polar surface area (TPSA) is 63.8 Å². The molecule has 5 heteroatoms. The monoisotopic (exact) mass is 282 g/mol. The van der Waals surface area contributed by atoms with Crippen LogP contribution in [-0.4, -0.2) is 16.5 Å². The standard InChI is InChI=1S/C11H15BrN4/c12-8-5-14-10(13)16-9(8)15-6-11(3-4-11)7-1-2-7/h5,7H,1-4,6H2,(H3,13,14,15,16). The van der Waals surface area contributed by atoms with E-state index in [1.165, 1.54) is 25.7 Å². The Bertz CT molecular complexity index is 412. The lowest BCUT2D eigenvalue weighted by molar-refractivity contribution is 0.466. The van der Waals surface area contributed by atoms with Crippen LogP contribution >= 0.6 is 15.9 Å². The Morgan fingerprint density at radius 3 is 2.88 bits per heavy atom. The minimum Gasteiger partial charge on any atom is -0.368 e. The van der Waals surface area contributed by atoms with Crippen LogP contribution in [0, 0.1) is 11.3 Å². The molecular weight excluding hydrogens is 268 g/mol. The number of nitrogen functional groups attached to an aromatic ring is 1. The number of nitrogens with one attached hydrogen (secondary N) is 1. The second kappa shape index (κ2) is 3.58. The van der Waals surface area contributed by atoms with Crippen LogP contribution in [0.3, 0.4) is 0 Å². The van der Waals surface area contributed by atoms with Gasteiger partial charge in [0.1, 0.15) is 5.82 Å². The lowest BCUT2D eigenvalue weighted by Gasteiger charge is -2.16. The van der Waals surface area contributed by atoms with Crippen molar-refractivity contribution in [3.63, 3.8) is 0 Å². The van der Waals surface area contributed by atoms with E-state index in [0.29, 0.717) is 11.4 Å². The average molecular weight is 283 g/mol. The number of hydrogen-bond acceptors (Lipinski definition) is 4. The van der Waals surface area contributed by atoms with Crippen molar-refractivity contribution in [1.82, 2.24) is 9.97 Å². The van der Waals surface area contributed by atoms with Crippen LogP contribution in [0.15, 0.2) is 10.7 Å². The summed E-state index contributed by atoms with van der Waals surface area (Å²) in [5.74, 6) is 2.10. The van der Waals surface area contributed by atoms with Crippen molar-refractivity contribution in [1.29, 1.82) is 0 Å². The molecule has 0 radical (unpaired) electrons. The lowest BCUT2D eigenvalue weighted by atomic mass is 10.0. The Balaban J connectivity index is 1.67. The molecule has 0 saturated heterocycles. The summed E-state index contributed by atoms with van der Waals surface area (Å²) in [5.41, 5.74) is 6.14. The zero-order chi connectivity index (χ0) is 11.2. The van der Waals surface area contributed by atoms with Gasteiger partial charge >= 0.3 is 0 Å². The highest BCUT2D eigenvalue weighted by Gasteiger charge is 2.53. The molecule has 0 bridgehead atoms. The number of rotatable bonds is 4. The van der Waals surface area contributed by atoms with E-state index in [0.717, 1.165) is 22.8 Å². The number of nitrogens with two attached hydrogens (primary N) is 1. The third-order valence-corrected chi connectivity index (χ3v) is 4.29. The summed E-state index contributed by atoms with van der Waals surface area (Å²) >= 11 is 3.43. The van der Waals surface area contributed by atoms with Crippen LogP contribution in [0.1, 0.15) is 25.7 Å². The van der Waals surface area contributed by atoms with Gasteiger partial charge in [-0.1, -0.05) is 0 Å². The quantitative estimate of drug-likeness (QED) is 0.890. The molecule has 16 heavy (non-hydrogen) atoms. The predicted molar refractivity (Wildman–Crippen MR) is 67.0 cm³/mol. The lowest BCUT2D eigenvalue weighted by Crippen LogP contribution is -2.18. The summed E-state index contributed by atoms with van der Waals surface area (Å²) in [5, 5.41) is 3.40. The van der Waals surface area contributed by atoms with Gasteiger partial charge in [-0.2, -0.15) is 4.98 Å². The highest BCUT2D eigenvalue weighted by atomic mass is 79.9. The molecule has 0 aromatic carbocycles. The van der Waals surface area contributed by atoms with Gasteiger partial charge in [-0.25, -0.2) is 4.98 Å². The van der Waals surface area contributed by atoms with Crippen molar-refractivity contribution < 1.29 is 0 Å². The molecule has 1 heterocycles. The summed E-state index contributed by atoms with van der Waals surface area (Å²) in [6.07, 6.45) is 7.25. The molecule has 3 rings (SSSR count). The van der Waals surface area contributed by atoms with E-state index >= 15 is 0 Å². The van der Waals surface area contributed by atoms with Gasteiger partial charge in [-0.3, -0.25) is 0 Å². The number of aromatic nitrogens is 2. The zero-order valence-corrected chi connectivity index (χ0v) is 10.6. The van der Waals surface area contributed by atoms with E-state index in [-0.39, 0.29) is 0 Å². The molecule has 1 aromatic rings. The molecule has 0 aliphatic heterocycles. The number of hydrogen-bond donors (Lipinski definition) is 2. The largest absolute Gasteiger partial charge is 0.368 e. The highest BCUT2D eigenvalue weighted by molar-refractivity contribution is 9.10. The third-order valence-electron chi connectivity index (χ3n) is 3.71. The van der Waals surface area contributed by atoms with Crippen molar-refractivity contribution in [2.24, 2.45) is 11.3 Å². The Labute approximate surface area is 103 Å². The van der Waals surface area contributed by atoms with E-state index in [9.17, 15) is 0 Å². The fourth-order valence-electron chi connectivity index (χ4n) is 2.35. The summed E-state index contributed by atoms with van der Waals surface area (Å²) < 4.78 is 0.883. The maximum Gasteiger partial charge on any atom is 0.221 e. The van der Waals surface area contributed by atoms with Gasteiger partial charge in [0.25, 0.3) is 0 Å². The fraction of sp³-hybridized carbons (Fsp3) is 0.636. The van der Waals surface area contributed by atoms with Crippen LogP contribution in [-0.2, 0) is 0 Å². The number of halogens is 1. The van der Waals surface area contributed by atoms with Crippen LogP contribution in [0.25, 0.3) is 0 Å². The van der Waals surface area contributed by atoms with Gasteiger partial charge in [-0.15, -0.1) is 0 Å². The first kappa shape index (κ1) is 10.3. The molecule has 4 nitrogen and oxygen atoms in total. The number of anilines is 2. The highest BCUT2D eigenvalue weighted by Crippen LogP contribution is 2.61. The van der Waals surface area contributed by atoms with Crippen LogP contribution in [0.5, 0.6) is 0 Å². The first-order chi connectivity index (χ1) is 7.70. The maximum absolute atomic E-state index is 5.57. The molecule has 2 aliphatic rings. The predicted octanol–water partition coefficient (Wildman–Crippen LogP) is 2.42. The molecule has 3 N–H and O–H groups in total. The SMILES string of the molecule is Nc1ncc(Br)c(NCC2(C3CC3)CC2)n1. The average Bonchev–Trinajstić information content (AvgIpc) is 3.13. The van der Waals surface area contributed by atoms with Crippen molar-refractivity contribution in [2.45, 2.75) is 25.7 Å². The van der Waals surface area contributed by atoms with Gasteiger partial charge in [0.05, 0.1) is 4.47 Å².